The first-order valence-electron chi connectivity index (χ1n) is 7.76. The molecule has 0 aliphatic heterocycles. The summed E-state index contributed by atoms with van der Waals surface area (Å²) in [5.41, 5.74) is -0.204. The maximum Gasteiger partial charge on any atom is 0.338 e. The van der Waals surface area contributed by atoms with E-state index >= 15 is 0 Å². The number of benzene rings is 2. The number of ether oxygens (including phenoxy) is 3. The van der Waals surface area contributed by atoms with E-state index in [4.69, 9.17) is 14.2 Å². The van der Waals surface area contributed by atoms with E-state index in [9.17, 15) is 9.90 Å². The molecule has 0 aliphatic rings. The molecule has 1 atom stereocenters. The average molecular weight is 330 g/mol. The number of aliphatic hydroxyl groups is 1. The second kappa shape index (κ2) is 8.47. The van der Waals surface area contributed by atoms with Gasteiger partial charge in [0.05, 0.1) is 5.56 Å². The first kappa shape index (κ1) is 18.0. The van der Waals surface area contributed by atoms with Crippen LogP contribution in [0.1, 0.15) is 29.3 Å². The van der Waals surface area contributed by atoms with Crippen LogP contribution in [0.3, 0.4) is 0 Å². The first-order chi connectivity index (χ1) is 11.6. The molecular weight excluding hydrogens is 308 g/mol. The molecule has 0 aliphatic carbocycles. The topological polar surface area (TPSA) is 65.0 Å². The zero-order valence-corrected chi connectivity index (χ0v) is 13.9. The van der Waals surface area contributed by atoms with Gasteiger partial charge in [0.1, 0.15) is 18.0 Å². The lowest BCUT2D eigenvalue weighted by Crippen LogP contribution is -2.32. The van der Waals surface area contributed by atoms with Crippen LogP contribution in [-0.4, -0.2) is 31.6 Å². The van der Waals surface area contributed by atoms with Crippen LogP contribution in [0, 0.1) is 0 Å². The summed E-state index contributed by atoms with van der Waals surface area (Å²) < 4.78 is 15.6. The predicted octanol–water partition coefficient (Wildman–Crippen LogP) is 3.12. The Kier molecular flexibility index (Phi) is 6.35. The van der Waals surface area contributed by atoms with E-state index in [0.29, 0.717) is 23.3 Å². The summed E-state index contributed by atoms with van der Waals surface area (Å²) in [6, 6.07) is 15.7. The van der Waals surface area contributed by atoms with Crippen molar-refractivity contribution in [2.75, 3.05) is 20.5 Å². The molecule has 2 aromatic rings. The molecule has 0 radical (unpaired) electrons. The standard InChI is InChI=1S/C19H22O5/c1-3-19(21,13-23-18(20)15-8-5-4-6-9-15)16-10-7-11-17(12-16)24-14-22-2/h4-12,21H,3,13-14H2,1-2H3/t19-/m1/s1. The van der Waals surface area contributed by atoms with Gasteiger partial charge in [0, 0.05) is 7.11 Å². The summed E-state index contributed by atoms with van der Waals surface area (Å²) in [6.07, 6.45) is 0.392. The largest absolute Gasteiger partial charge is 0.468 e. The number of rotatable bonds is 8. The van der Waals surface area contributed by atoms with Gasteiger partial charge < -0.3 is 19.3 Å². The van der Waals surface area contributed by atoms with Crippen LogP contribution in [0.5, 0.6) is 5.75 Å². The van der Waals surface area contributed by atoms with Crippen LogP contribution >= 0.6 is 0 Å². The van der Waals surface area contributed by atoms with Gasteiger partial charge in [-0.25, -0.2) is 4.79 Å². The molecule has 0 spiro atoms. The minimum atomic E-state index is -1.28. The molecule has 2 rings (SSSR count). The molecule has 128 valence electrons. The third-order valence-corrected chi connectivity index (χ3v) is 3.75. The Balaban J connectivity index is 2.09. The van der Waals surface area contributed by atoms with E-state index in [-0.39, 0.29) is 13.4 Å². The maximum atomic E-state index is 12.1. The summed E-state index contributed by atoms with van der Waals surface area (Å²) in [5, 5.41) is 10.9. The molecule has 0 fully saturated rings. The fraction of sp³-hybridized carbons (Fsp3) is 0.316. The molecule has 0 unspecified atom stereocenters. The van der Waals surface area contributed by atoms with Crippen molar-refractivity contribution in [3.05, 3.63) is 65.7 Å². The lowest BCUT2D eigenvalue weighted by molar-refractivity contribution is -0.0387. The Hall–Kier alpha value is -2.37. The molecule has 0 aromatic heterocycles. The minimum Gasteiger partial charge on any atom is -0.468 e. The van der Waals surface area contributed by atoms with Gasteiger partial charge in [0.25, 0.3) is 0 Å². The molecular formula is C19H22O5. The number of hydrogen-bond donors (Lipinski definition) is 1. The number of esters is 1. The molecule has 2 aromatic carbocycles. The molecule has 24 heavy (non-hydrogen) atoms. The molecule has 0 heterocycles. The predicted molar refractivity (Wildman–Crippen MR) is 89.9 cm³/mol. The molecule has 0 saturated carbocycles. The van der Waals surface area contributed by atoms with Crippen LogP contribution < -0.4 is 4.74 Å². The smallest absolute Gasteiger partial charge is 0.338 e. The van der Waals surface area contributed by atoms with E-state index in [1.165, 1.54) is 7.11 Å². The summed E-state index contributed by atoms with van der Waals surface area (Å²) in [7, 11) is 1.54. The third-order valence-electron chi connectivity index (χ3n) is 3.75. The van der Waals surface area contributed by atoms with Gasteiger partial charge in [0.2, 0.25) is 0 Å². The molecule has 1 N–H and O–H groups in total. The Labute approximate surface area is 141 Å². The van der Waals surface area contributed by atoms with Gasteiger partial charge in [0.15, 0.2) is 6.79 Å². The molecule has 5 nitrogen and oxygen atoms in total. The van der Waals surface area contributed by atoms with Gasteiger partial charge in [-0.2, -0.15) is 0 Å². The Morgan fingerprint density at radius 3 is 2.54 bits per heavy atom. The molecule has 5 heteroatoms. The molecule has 0 bridgehead atoms. The third kappa shape index (κ3) is 4.57. The summed E-state index contributed by atoms with van der Waals surface area (Å²) >= 11 is 0. The lowest BCUT2D eigenvalue weighted by Gasteiger charge is -2.27. The normalized spacial score (nSPS) is 13.1. The Morgan fingerprint density at radius 1 is 1.12 bits per heavy atom. The van der Waals surface area contributed by atoms with E-state index < -0.39 is 11.6 Å². The highest BCUT2D eigenvalue weighted by molar-refractivity contribution is 5.89. The minimum absolute atomic E-state index is 0.122. The Bertz CT molecular complexity index is 656. The van der Waals surface area contributed by atoms with Crippen molar-refractivity contribution in [3.8, 4) is 5.75 Å². The van der Waals surface area contributed by atoms with Crippen molar-refractivity contribution in [2.24, 2.45) is 0 Å². The van der Waals surface area contributed by atoms with Crippen LogP contribution in [0.25, 0.3) is 0 Å². The summed E-state index contributed by atoms with van der Waals surface area (Å²) in [6.45, 7) is 1.82. The first-order valence-corrected chi connectivity index (χ1v) is 7.76. The fourth-order valence-corrected chi connectivity index (χ4v) is 2.23. The van der Waals surface area contributed by atoms with E-state index in [1.807, 2.05) is 13.0 Å². The number of carbonyl (C=O) groups is 1. The van der Waals surface area contributed by atoms with E-state index in [2.05, 4.69) is 0 Å². The molecule has 0 saturated heterocycles. The second-order valence-corrected chi connectivity index (χ2v) is 5.41. The zero-order chi connectivity index (χ0) is 17.4. The SMILES string of the molecule is CC[C@@](O)(COC(=O)c1ccccc1)c1cccc(OCOC)c1. The van der Waals surface area contributed by atoms with Gasteiger partial charge in [-0.05, 0) is 36.2 Å². The van der Waals surface area contributed by atoms with Crippen molar-refractivity contribution in [1.82, 2.24) is 0 Å². The zero-order valence-electron chi connectivity index (χ0n) is 13.9. The Morgan fingerprint density at radius 2 is 1.88 bits per heavy atom. The van der Waals surface area contributed by atoms with Gasteiger partial charge in [-0.1, -0.05) is 37.3 Å². The van der Waals surface area contributed by atoms with Crippen molar-refractivity contribution in [2.45, 2.75) is 18.9 Å². The van der Waals surface area contributed by atoms with Crippen molar-refractivity contribution in [1.29, 1.82) is 0 Å². The lowest BCUT2D eigenvalue weighted by atomic mass is 9.92. The maximum absolute atomic E-state index is 12.1. The van der Waals surface area contributed by atoms with Crippen molar-refractivity contribution in [3.63, 3.8) is 0 Å². The van der Waals surface area contributed by atoms with E-state index in [0.717, 1.165) is 0 Å². The number of hydrogen-bond acceptors (Lipinski definition) is 5. The van der Waals surface area contributed by atoms with Crippen LogP contribution in [0.2, 0.25) is 0 Å². The summed E-state index contributed by atoms with van der Waals surface area (Å²) in [4.78, 5) is 12.1. The van der Waals surface area contributed by atoms with Crippen LogP contribution in [0.15, 0.2) is 54.6 Å². The van der Waals surface area contributed by atoms with E-state index in [1.54, 1.807) is 48.5 Å². The van der Waals surface area contributed by atoms with Crippen molar-refractivity contribution >= 4 is 5.97 Å². The summed E-state index contributed by atoms with van der Waals surface area (Å²) in [5.74, 6) is 0.116. The quantitative estimate of drug-likeness (QED) is 0.595. The second-order valence-electron chi connectivity index (χ2n) is 5.41. The van der Waals surface area contributed by atoms with Gasteiger partial charge >= 0.3 is 5.97 Å². The highest BCUT2D eigenvalue weighted by Gasteiger charge is 2.29. The van der Waals surface area contributed by atoms with Gasteiger partial charge in [-0.3, -0.25) is 0 Å². The van der Waals surface area contributed by atoms with Crippen LogP contribution in [0.4, 0.5) is 0 Å². The van der Waals surface area contributed by atoms with Crippen LogP contribution in [-0.2, 0) is 15.1 Å². The fourth-order valence-electron chi connectivity index (χ4n) is 2.23. The monoisotopic (exact) mass is 330 g/mol. The van der Waals surface area contributed by atoms with Gasteiger partial charge in [-0.15, -0.1) is 0 Å². The average Bonchev–Trinajstić information content (AvgIpc) is 2.65. The number of methoxy groups -OCH3 is 1. The van der Waals surface area contributed by atoms with Crippen molar-refractivity contribution < 1.29 is 24.1 Å². The molecule has 0 amide bonds. The number of carbonyl (C=O) groups excluding carboxylic acids is 1. The highest BCUT2D eigenvalue weighted by Crippen LogP contribution is 2.28. The highest BCUT2D eigenvalue weighted by atomic mass is 16.7.